The third-order valence-electron chi connectivity index (χ3n) is 0.396. The highest BCUT2D eigenvalue weighted by molar-refractivity contribution is 14.1. The number of halogens is 1. The lowest BCUT2D eigenvalue weighted by Gasteiger charge is -1.98. The Morgan fingerprint density at radius 1 is 1.83 bits per heavy atom. The summed E-state index contributed by atoms with van der Waals surface area (Å²) in [6.07, 6.45) is 0. The lowest BCUT2D eigenvalue weighted by Crippen LogP contribution is -1.95. The first-order valence-corrected chi connectivity index (χ1v) is 3.27. The Morgan fingerprint density at radius 3 is 2.33 bits per heavy atom. The molecule has 1 atom stereocenters. The van der Waals surface area contributed by atoms with E-state index in [9.17, 15) is 0 Å². The van der Waals surface area contributed by atoms with Crippen LogP contribution in [0.3, 0.4) is 0 Å². The van der Waals surface area contributed by atoms with Crippen LogP contribution in [-0.2, 0) is 4.74 Å². The van der Waals surface area contributed by atoms with Gasteiger partial charge in [0, 0.05) is 6.61 Å². The zero-order valence-corrected chi connectivity index (χ0v) is 6.23. The van der Waals surface area contributed by atoms with Gasteiger partial charge in [0.2, 0.25) is 0 Å². The molecule has 0 aliphatic rings. The number of rotatable bonds is 2. The number of hydrogen-bond donors (Lipinski definition) is 0. The molecule has 1 nitrogen and oxygen atoms in total. The van der Waals surface area contributed by atoms with Crippen molar-refractivity contribution in [3.05, 3.63) is 0 Å². The van der Waals surface area contributed by atoms with Gasteiger partial charge in [0.15, 0.2) is 0 Å². The van der Waals surface area contributed by atoms with Crippen LogP contribution in [0.25, 0.3) is 0 Å². The Labute approximate surface area is 52.2 Å². The van der Waals surface area contributed by atoms with E-state index in [2.05, 4.69) is 22.6 Å². The molecule has 0 spiro atoms. The smallest absolute Gasteiger partial charge is 0.106 e. The molecule has 0 aromatic rings. The molecule has 6 heavy (non-hydrogen) atoms. The van der Waals surface area contributed by atoms with E-state index in [0.29, 0.717) is 4.11 Å². The second kappa shape index (κ2) is 3.87. The van der Waals surface area contributed by atoms with Gasteiger partial charge in [-0.15, -0.1) is 0 Å². The van der Waals surface area contributed by atoms with Crippen LogP contribution >= 0.6 is 22.6 Å². The highest BCUT2D eigenvalue weighted by atomic mass is 127. The van der Waals surface area contributed by atoms with Crippen LogP contribution in [-0.4, -0.2) is 10.7 Å². The van der Waals surface area contributed by atoms with Crippen molar-refractivity contribution < 1.29 is 4.74 Å². The minimum absolute atomic E-state index is 0.368. The molecule has 0 N–H and O–H groups in total. The first kappa shape index (κ1) is 6.69. The fourth-order valence-electron chi connectivity index (χ4n) is 0.230. The summed E-state index contributed by atoms with van der Waals surface area (Å²) in [5.41, 5.74) is 0. The first-order valence-electron chi connectivity index (χ1n) is 2.03. The van der Waals surface area contributed by atoms with Crippen molar-refractivity contribution in [3.8, 4) is 0 Å². The van der Waals surface area contributed by atoms with Crippen molar-refractivity contribution in [2.24, 2.45) is 0 Å². The van der Waals surface area contributed by atoms with E-state index < -0.39 is 0 Å². The van der Waals surface area contributed by atoms with Gasteiger partial charge in [0.1, 0.15) is 4.11 Å². The molecule has 0 aliphatic heterocycles. The van der Waals surface area contributed by atoms with Gasteiger partial charge in [-0.05, 0) is 13.8 Å². The van der Waals surface area contributed by atoms with Crippen molar-refractivity contribution in [3.63, 3.8) is 0 Å². The van der Waals surface area contributed by atoms with Crippen molar-refractivity contribution in [1.82, 2.24) is 0 Å². The minimum Gasteiger partial charge on any atom is -0.368 e. The normalized spacial score (nSPS) is 14.5. The molecule has 0 saturated heterocycles. The molecule has 0 aliphatic carbocycles. The molecule has 0 unspecified atom stereocenters. The fourth-order valence-corrected chi connectivity index (χ4v) is 0.589. The topological polar surface area (TPSA) is 9.23 Å². The molecular weight excluding hydrogens is 191 g/mol. The summed E-state index contributed by atoms with van der Waals surface area (Å²) in [4.78, 5) is 0. The second-order valence-corrected chi connectivity index (χ2v) is 2.75. The van der Waals surface area contributed by atoms with E-state index in [-0.39, 0.29) is 0 Å². The molecule has 0 heterocycles. The highest BCUT2D eigenvalue weighted by Crippen LogP contribution is 1.97. The summed E-state index contributed by atoms with van der Waals surface area (Å²) in [6, 6.07) is 0. The van der Waals surface area contributed by atoms with Gasteiger partial charge in [-0.1, -0.05) is 22.6 Å². The standard InChI is InChI=1S/C4H9IO/c1-3-6-4(2)5/h4H,3H2,1-2H3/t4-/m1/s1. The molecule has 0 rings (SSSR count). The monoisotopic (exact) mass is 200 g/mol. The maximum atomic E-state index is 5.03. The first-order chi connectivity index (χ1) is 2.77. The van der Waals surface area contributed by atoms with Gasteiger partial charge in [-0.3, -0.25) is 0 Å². The summed E-state index contributed by atoms with van der Waals surface area (Å²) >= 11 is 2.22. The van der Waals surface area contributed by atoms with Crippen molar-refractivity contribution >= 4 is 22.6 Å². The molecule has 0 fully saturated rings. The van der Waals surface area contributed by atoms with E-state index in [4.69, 9.17) is 4.74 Å². The predicted molar refractivity (Wildman–Crippen MR) is 35.1 cm³/mol. The molecule has 0 saturated carbocycles. The van der Waals surface area contributed by atoms with Gasteiger partial charge >= 0.3 is 0 Å². The molecular formula is C4H9IO. The van der Waals surface area contributed by atoms with Crippen molar-refractivity contribution in [2.45, 2.75) is 18.0 Å². The van der Waals surface area contributed by atoms with E-state index in [1.165, 1.54) is 0 Å². The van der Waals surface area contributed by atoms with Crippen LogP contribution in [0.5, 0.6) is 0 Å². The molecule has 0 radical (unpaired) electrons. The number of ether oxygens (including phenoxy) is 1. The van der Waals surface area contributed by atoms with E-state index in [0.717, 1.165) is 6.61 Å². The lowest BCUT2D eigenvalue weighted by atomic mass is 10.8. The van der Waals surface area contributed by atoms with Crippen LogP contribution in [0.4, 0.5) is 0 Å². The fraction of sp³-hybridized carbons (Fsp3) is 1.00. The second-order valence-electron chi connectivity index (χ2n) is 0.998. The Bertz CT molecular complexity index is 28.7. The maximum absolute atomic E-state index is 5.03. The number of hydrogen-bond acceptors (Lipinski definition) is 1. The van der Waals surface area contributed by atoms with Gasteiger partial charge in [-0.2, -0.15) is 0 Å². The SMILES string of the molecule is CCO[C@H](C)I. The summed E-state index contributed by atoms with van der Waals surface area (Å²) in [7, 11) is 0. The van der Waals surface area contributed by atoms with E-state index in [1.54, 1.807) is 0 Å². The summed E-state index contributed by atoms with van der Waals surface area (Å²) in [5, 5.41) is 0. The quantitative estimate of drug-likeness (QED) is 0.487. The van der Waals surface area contributed by atoms with Gasteiger partial charge in [-0.25, -0.2) is 0 Å². The van der Waals surface area contributed by atoms with Crippen LogP contribution in [0, 0.1) is 0 Å². The predicted octanol–water partition coefficient (Wildman–Crippen LogP) is 1.80. The van der Waals surface area contributed by atoms with Crippen LogP contribution in [0.15, 0.2) is 0 Å². The highest BCUT2D eigenvalue weighted by Gasteiger charge is 1.86. The number of alkyl halides is 1. The molecule has 0 aromatic heterocycles. The minimum atomic E-state index is 0.368. The molecule has 0 bridgehead atoms. The molecule has 0 aromatic carbocycles. The van der Waals surface area contributed by atoms with E-state index in [1.807, 2.05) is 13.8 Å². The average molecular weight is 200 g/mol. The molecule has 0 amide bonds. The lowest BCUT2D eigenvalue weighted by molar-refractivity contribution is 0.148. The van der Waals surface area contributed by atoms with Crippen LogP contribution < -0.4 is 0 Å². The molecule has 38 valence electrons. The Balaban J connectivity index is 2.63. The zero-order chi connectivity index (χ0) is 4.99. The Kier molecular flexibility index (Phi) is 4.31. The summed E-state index contributed by atoms with van der Waals surface area (Å²) in [6.45, 7) is 4.84. The van der Waals surface area contributed by atoms with Crippen molar-refractivity contribution in [1.29, 1.82) is 0 Å². The van der Waals surface area contributed by atoms with Gasteiger partial charge < -0.3 is 4.74 Å². The van der Waals surface area contributed by atoms with Gasteiger partial charge in [0.05, 0.1) is 0 Å². The summed E-state index contributed by atoms with van der Waals surface area (Å²) < 4.78 is 5.40. The third kappa shape index (κ3) is 4.69. The third-order valence-corrected chi connectivity index (χ3v) is 0.756. The average Bonchev–Trinajstić information content (AvgIpc) is 1.35. The van der Waals surface area contributed by atoms with E-state index >= 15 is 0 Å². The van der Waals surface area contributed by atoms with Crippen molar-refractivity contribution in [2.75, 3.05) is 6.61 Å². The van der Waals surface area contributed by atoms with Gasteiger partial charge in [0.25, 0.3) is 0 Å². The summed E-state index contributed by atoms with van der Waals surface area (Å²) in [5.74, 6) is 0. The van der Waals surface area contributed by atoms with Crippen LogP contribution in [0.2, 0.25) is 0 Å². The molecule has 2 heteroatoms. The zero-order valence-electron chi connectivity index (χ0n) is 4.07. The largest absolute Gasteiger partial charge is 0.368 e. The Hall–Kier alpha value is 0.690. The van der Waals surface area contributed by atoms with Crippen LogP contribution in [0.1, 0.15) is 13.8 Å². The maximum Gasteiger partial charge on any atom is 0.106 e. The Morgan fingerprint density at radius 2 is 2.33 bits per heavy atom.